The molecule has 1 aliphatic carbocycles. The van der Waals surface area contributed by atoms with Gasteiger partial charge >= 0.3 is 0 Å². The van der Waals surface area contributed by atoms with Crippen LogP contribution in [-0.4, -0.2) is 88.8 Å². The van der Waals surface area contributed by atoms with Crippen LogP contribution in [0.4, 0.5) is 5.69 Å². The van der Waals surface area contributed by atoms with E-state index in [-0.39, 0.29) is 43.5 Å². The summed E-state index contributed by atoms with van der Waals surface area (Å²) in [5.41, 5.74) is -1.32. The summed E-state index contributed by atoms with van der Waals surface area (Å²) in [6, 6.07) is 6.57. The van der Waals surface area contributed by atoms with Crippen LogP contribution in [0.5, 0.6) is 5.75 Å². The molecule has 5 atom stereocenters. The largest absolute Gasteiger partial charge is 0.494 e. The Morgan fingerprint density at radius 3 is 2.42 bits per heavy atom. The molecule has 43 heavy (non-hydrogen) atoms. The first-order valence-corrected chi connectivity index (χ1v) is 15.9. The molecule has 1 aromatic rings. The van der Waals surface area contributed by atoms with E-state index in [1.807, 2.05) is 43.0 Å². The maximum absolute atomic E-state index is 14.6. The zero-order valence-corrected chi connectivity index (χ0v) is 25.7. The van der Waals surface area contributed by atoms with Gasteiger partial charge in [0.1, 0.15) is 17.4 Å². The van der Waals surface area contributed by atoms with Gasteiger partial charge in [0, 0.05) is 38.0 Å². The normalized spacial score (nSPS) is 29.8. The molecule has 0 aromatic heterocycles. The van der Waals surface area contributed by atoms with Crippen molar-refractivity contribution < 1.29 is 29.0 Å². The van der Waals surface area contributed by atoms with Gasteiger partial charge in [0.2, 0.25) is 17.7 Å². The first-order valence-electron chi connectivity index (χ1n) is 15.9. The van der Waals surface area contributed by atoms with Crippen molar-refractivity contribution in [3.8, 4) is 5.75 Å². The second-order valence-electron chi connectivity index (χ2n) is 12.6. The molecule has 234 valence electrons. The van der Waals surface area contributed by atoms with Crippen molar-refractivity contribution in [1.29, 1.82) is 0 Å². The van der Waals surface area contributed by atoms with E-state index in [2.05, 4.69) is 13.2 Å². The molecule has 3 aliphatic heterocycles. The lowest BCUT2D eigenvalue weighted by Crippen LogP contribution is -2.58. The van der Waals surface area contributed by atoms with Crippen LogP contribution >= 0.6 is 0 Å². The smallest absolute Gasteiger partial charge is 0.248 e. The summed E-state index contributed by atoms with van der Waals surface area (Å²) in [6.45, 7) is 13.0. The van der Waals surface area contributed by atoms with Crippen molar-refractivity contribution in [2.45, 2.75) is 88.5 Å². The molecule has 1 spiro atoms. The second kappa shape index (κ2) is 12.8. The third-order valence-corrected chi connectivity index (χ3v) is 10.00. The second-order valence-corrected chi connectivity index (χ2v) is 12.6. The molecular weight excluding hydrogens is 546 g/mol. The van der Waals surface area contributed by atoms with Crippen LogP contribution in [0.25, 0.3) is 0 Å². The highest BCUT2D eigenvalue weighted by Crippen LogP contribution is 2.63. The Labute approximate surface area is 255 Å². The Hall–Kier alpha value is -3.17. The Bertz CT molecular complexity index is 1210. The highest BCUT2D eigenvalue weighted by molar-refractivity contribution is 6.03. The number of ether oxygens (including phenoxy) is 2. The number of aliphatic hydroxyl groups is 1. The minimum Gasteiger partial charge on any atom is -0.494 e. The van der Waals surface area contributed by atoms with Crippen molar-refractivity contribution in [3.63, 3.8) is 0 Å². The predicted octanol–water partition coefficient (Wildman–Crippen LogP) is 4.10. The van der Waals surface area contributed by atoms with Crippen LogP contribution in [0.3, 0.4) is 0 Å². The topological polar surface area (TPSA) is 99.6 Å². The standard InChI is InChI=1S/C34H47N3O6/c1-5-20-35(25-14-16-26(17-15-25)42-7-3)30(39)27-28-31(40)37(22-11-23-38)29(34(28)19-18-33(27,4)43-34)32(41)36(21-6-2)24-12-9-8-10-13-24/h5-6,14-17,24,27-29,38H,1-2,7-13,18-23H2,3-4H3/t27-,28+,29?,33+,34?/m1/s1. The van der Waals surface area contributed by atoms with Crippen molar-refractivity contribution in [1.82, 2.24) is 9.80 Å². The van der Waals surface area contributed by atoms with E-state index in [0.29, 0.717) is 43.9 Å². The van der Waals surface area contributed by atoms with Crippen molar-refractivity contribution in [2.75, 3.05) is 37.7 Å². The molecular formula is C34H47N3O6. The average Bonchev–Trinajstić information content (AvgIpc) is 3.58. The molecule has 1 saturated carbocycles. The number of aliphatic hydroxyl groups excluding tert-OH is 1. The summed E-state index contributed by atoms with van der Waals surface area (Å²) in [7, 11) is 0. The van der Waals surface area contributed by atoms with E-state index in [9.17, 15) is 19.5 Å². The number of fused-ring (bicyclic) bond motifs is 1. The zero-order valence-electron chi connectivity index (χ0n) is 25.7. The number of hydrogen-bond donors (Lipinski definition) is 1. The number of rotatable bonds is 13. The van der Waals surface area contributed by atoms with Crippen molar-refractivity contribution in [2.24, 2.45) is 11.8 Å². The average molecular weight is 594 g/mol. The number of hydrogen-bond acceptors (Lipinski definition) is 6. The van der Waals surface area contributed by atoms with Crippen LogP contribution in [-0.2, 0) is 19.1 Å². The predicted molar refractivity (Wildman–Crippen MR) is 165 cm³/mol. The number of amides is 3. The molecule has 2 unspecified atom stereocenters. The molecule has 4 aliphatic rings. The van der Waals surface area contributed by atoms with Crippen LogP contribution in [0, 0.1) is 11.8 Å². The highest BCUT2D eigenvalue weighted by Gasteiger charge is 2.78. The van der Waals surface area contributed by atoms with Gasteiger partial charge in [-0.15, -0.1) is 13.2 Å². The van der Waals surface area contributed by atoms with Gasteiger partial charge in [-0.1, -0.05) is 31.4 Å². The Balaban J connectivity index is 1.52. The molecule has 2 bridgehead atoms. The van der Waals surface area contributed by atoms with Gasteiger partial charge in [0.15, 0.2) is 0 Å². The third kappa shape index (κ3) is 5.39. The fourth-order valence-corrected chi connectivity index (χ4v) is 8.18. The van der Waals surface area contributed by atoms with Gasteiger partial charge in [0.25, 0.3) is 0 Å². The quantitative estimate of drug-likeness (QED) is 0.346. The first-order chi connectivity index (χ1) is 20.8. The Morgan fingerprint density at radius 1 is 1.09 bits per heavy atom. The Kier molecular flexibility index (Phi) is 9.32. The molecule has 0 radical (unpaired) electrons. The van der Waals surface area contributed by atoms with Crippen LogP contribution < -0.4 is 9.64 Å². The van der Waals surface area contributed by atoms with E-state index in [1.54, 1.807) is 22.0 Å². The van der Waals surface area contributed by atoms with Crippen LogP contribution in [0.2, 0.25) is 0 Å². The van der Waals surface area contributed by atoms with E-state index in [1.165, 1.54) is 0 Å². The maximum atomic E-state index is 14.6. The van der Waals surface area contributed by atoms with E-state index in [0.717, 1.165) is 32.1 Å². The summed E-state index contributed by atoms with van der Waals surface area (Å²) >= 11 is 0. The van der Waals surface area contributed by atoms with Gasteiger partial charge in [-0.05, 0) is 70.2 Å². The van der Waals surface area contributed by atoms with Gasteiger partial charge in [0.05, 0.1) is 24.0 Å². The number of likely N-dealkylation sites (tertiary alicyclic amines) is 1. The minimum atomic E-state index is -1.11. The summed E-state index contributed by atoms with van der Waals surface area (Å²) < 4.78 is 12.5. The summed E-state index contributed by atoms with van der Waals surface area (Å²) in [5, 5.41) is 9.70. The number of carbonyl (C=O) groups excluding carboxylic acids is 3. The SMILES string of the molecule is C=CCN(C(=O)[C@H]1[C@H]2C(=O)N(CCCO)C(C(=O)N(CC=C)C3CCCCC3)C23CC[C@]1(C)O3)c1ccc(OCC)cc1. The monoisotopic (exact) mass is 593 g/mol. The number of nitrogens with zero attached hydrogens (tertiary/aromatic N) is 3. The van der Waals surface area contributed by atoms with Crippen LogP contribution in [0.15, 0.2) is 49.6 Å². The lowest BCUT2D eigenvalue weighted by atomic mass is 9.66. The number of benzene rings is 1. The van der Waals surface area contributed by atoms with Gasteiger partial charge in [-0.2, -0.15) is 0 Å². The summed E-state index contributed by atoms with van der Waals surface area (Å²) in [5.74, 6) is -1.43. The molecule has 9 nitrogen and oxygen atoms in total. The first kappa shape index (κ1) is 31.3. The van der Waals surface area contributed by atoms with Crippen molar-refractivity contribution >= 4 is 23.4 Å². The Morgan fingerprint density at radius 2 is 1.79 bits per heavy atom. The zero-order chi connectivity index (χ0) is 30.8. The van der Waals surface area contributed by atoms with E-state index in [4.69, 9.17) is 9.47 Å². The fourth-order valence-electron chi connectivity index (χ4n) is 8.18. The lowest BCUT2D eigenvalue weighted by molar-refractivity contribution is -0.153. The molecule has 9 heteroatoms. The fraction of sp³-hybridized carbons (Fsp3) is 0.618. The minimum absolute atomic E-state index is 0.0823. The molecule has 3 amide bonds. The van der Waals surface area contributed by atoms with Gasteiger partial charge < -0.3 is 29.3 Å². The molecule has 1 aromatic carbocycles. The lowest BCUT2D eigenvalue weighted by Gasteiger charge is -2.40. The molecule has 1 N–H and O–H groups in total. The van der Waals surface area contributed by atoms with Crippen LogP contribution in [0.1, 0.15) is 65.2 Å². The maximum Gasteiger partial charge on any atom is 0.248 e. The molecule has 3 saturated heterocycles. The number of carbonyl (C=O) groups is 3. The summed E-state index contributed by atoms with van der Waals surface area (Å²) in [6.07, 6.45) is 9.98. The summed E-state index contributed by atoms with van der Waals surface area (Å²) in [4.78, 5) is 48.7. The third-order valence-electron chi connectivity index (χ3n) is 10.00. The van der Waals surface area contributed by atoms with Crippen molar-refractivity contribution in [3.05, 3.63) is 49.6 Å². The van der Waals surface area contributed by atoms with Gasteiger partial charge in [-0.3, -0.25) is 14.4 Å². The van der Waals surface area contributed by atoms with E-state index >= 15 is 0 Å². The highest BCUT2D eigenvalue weighted by atomic mass is 16.5. The van der Waals surface area contributed by atoms with E-state index < -0.39 is 29.1 Å². The molecule has 4 fully saturated rings. The van der Waals surface area contributed by atoms with Gasteiger partial charge in [-0.25, -0.2) is 0 Å². The molecule has 3 heterocycles. The number of anilines is 1. The molecule has 5 rings (SSSR count).